The number of carboxylic acids is 1. The van der Waals surface area contributed by atoms with Crippen molar-refractivity contribution in [3.05, 3.63) is 139 Å². The number of primary amides is 1. The summed E-state index contributed by atoms with van der Waals surface area (Å²) in [6.07, 6.45) is -1.12. The van der Waals surface area contributed by atoms with Crippen molar-refractivity contribution in [1.82, 2.24) is 4.90 Å². The molecule has 2 amide bonds. The maximum atomic E-state index is 14.4. The predicted octanol–water partition coefficient (Wildman–Crippen LogP) is 4.12. The molecule has 0 aromatic heterocycles. The molecule has 1 aliphatic heterocycles. The molecule has 10 nitrogen and oxygen atoms in total. The van der Waals surface area contributed by atoms with Crippen molar-refractivity contribution in [1.29, 1.82) is 0 Å². The van der Waals surface area contributed by atoms with Gasteiger partial charge in [0, 0.05) is 24.4 Å². The van der Waals surface area contributed by atoms with Gasteiger partial charge in [-0.2, -0.15) is 0 Å². The number of ether oxygens (including phenoxy) is 2. The summed E-state index contributed by atoms with van der Waals surface area (Å²) in [4.78, 5) is 67.6. The minimum atomic E-state index is -3.34. The molecule has 11 heteroatoms. The van der Waals surface area contributed by atoms with E-state index in [-0.39, 0.29) is 29.6 Å². The standard InChI is InChI=1S/C38H35N2O8P/c1-3-22-47-38(46)48-25(2)33-31(24-32(41)26-14-13-15-27(23-26)34(39)42)40(35(33)43)36(37(44)45)49(28-16-7-4-8-17-28,29-18-9-5-10-19-29)30-20-11-6-12-21-30/h3-21,23,25,31,33H,1,22,24H2,2H3,(H2,39,42)(H,44,45)/t25-,31-,33-/m1/s1. The second kappa shape index (κ2) is 15.0. The van der Waals surface area contributed by atoms with Crippen molar-refractivity contribution < 1.29 is 38.6 Å². The molecular formula is C38H35N2O8P. The van der Waals surface area contributed by atoms with Gasteiger partial charge < -0.3 is 25.2 Å². The van der Waals surface area contributed by atoms with E-state index in [9.17, 15) is 29.1 Å². The molecule has 1 saturated heterocycles. The minimum Gasteiger partial charge on any atom is -0.477 e. The van der Waals surface area contributed by atoms with Crippen molar-refractivity contribution in [2.24, 2.45) is 11.7 Å². The van der Waals surface area contributed by atoms with E-state index in [4.69, 9.17) is 15.2 Å². The third kappa shape index (κ3) is 6.82. The molecule has 0 unspecified atom stereocenters. The molecule has 0 aliphatic carbocycles. The van der Waals surface area contributed by atoms with Crippen LogP contribution >= 0.6 is 6.89 Å². The molecule has 0 radical (unpaired) electrons. The van der Waals surface area contributed by atoms with Crippen molar-refractivity contribution >= 4 is 57.9 Å². The van der Waals surface area contributed by atoms with Gasteiger partial charge in [-0.15, -0.1) is 0 Å². The highest BCUT2D eigenvalue weighted by atomic mass is 31.2. The third-order valence-corrected chi connectivity index (χ3v) is 12.7. The summed E-state index contributed by atoms with van der Waals surface area (Å²) in [5.74, 6) is -4.26. The van der Waals surface area contributed by atoms with Gasteiger partial charge in [0.15, 0.2) is 5.78 Å². The second-order valence-electron chi connectivity index (χ2n) is 11.4. The van der Waals surface area contributed by atoms with Crippen LogP contribution in [-0.4, -0.2) is 63.9 Å². The maximum absolute atomic E-state index is 14.4. The summed E-state index contributed by atoms with van der Waals surface area (Å²) >= 11 is 0. The lowest BCUT2D eigenvalue weighted by molar-refractivity contribution is -0.157. The molecule has 4 aromatic carbocycles. The number of hydrogen-bond donors (Lipinski definition) is 2. The Morgan fingerprint density at radius 2 is 1.37 bits per heavy atom. The Balaban J connectivity index is 1.76. The highest BCUT2D eigenvalue weighted by Crippen LogP contribution is 2.50. The SMILES string of the molecule is C=CCOC(=O)O[C@H](C)[C@H]1C(=O)N(C(C(=O)O)=P(c2ccccc2)(c2ccccc2)c2ccccc2)[C@@H]1CC(=O)c1cccc(C(N)=O)c1. The summed E-state index contributed by atoms with van der Waals surface area (Å²) in [5, 5.41) is 13.3. The van der Waals surface area contributed by atoms with Gasteiger partial charge >= 0.3 is 12.1 Å². The number of benzene rings is 4. The summed E-state index contributed by atoms with van der Waals surface area (Å²) in [5.41, 5.74) is 5.53. The van der Waals surface area contributed by atoms with E-state index in [1.165, 1.54) is 42.2 Å². The van der Waals surface area contributed by atoms with Crippen LogP contribution in [0.15, 0.2) is 128 Å². The van der Waals surface area contributed by atoms with Gasteiger partial charge in [-0.05, 0) is 35.0 Å². The Kier molecular flexibility index (Phi) is 10.6. The molecule has 3 atom stereocenters. The van der Waals surface area contributed by atoms with Crippen molar-refractivity contribution in [3.8, 4) is 0 Å². The fourth-order valence-corrected chi connectivity index (χ4v) is 10.6. The molecule has 3 N–H and O–H groups in total. The normalized spacial score (nSPS) is 16.1. The summed E-state index contributed by atoms with van der Waals surface area (Å²) in [6, 6.07) is 32.2. The molecule has 1 fully saturated rings. The highest BCUT2D eigenvalue weighted by molar-refractivity contribution is 7.96. The van der Waals surface area contributed by atoms with Crippen LogP contribution in [0.4, 0.5) is 4.79 Å². The first-order chi connectivity index (χ1) is 23.6. The zero-order valence-electron chi connectivity index (χ0n) is 26.7. The number of nitrogens with zero attached hydrogens (tertiary/aromatic N) is 1. The van der Waals surface area contributed by atoms with Crippen LogP contribution in [0.1, 0.15) is 34.1 Å². The summed E-state index contributed by atoms with van der Waals surface area (Å²) in [6.45, 7) is 1.53. The van der Waals surface area contributed by atoms with Gasteiger partial charge in [0.2, 0.25) is 11.8 Å². The number of rotatable bonds is 13. The van der Waals surface area contributed by atoms with Crippen LogP contribution in [-0.2, 0) is 19.1 Å². The molecular weight excluding hydrogens is 643 g/mol. The number of nitrogens with two attached hydrogens (primary N) is 1. The smallest absolute Gasteiger partial charge is 0.477 e. The molecule has 5 rings (SSSR count). The van der Waals surface area contributed by atoms with Crippen molar-refractivity contribution in [2.75, 3.05) is 6.61 Å². The fourth-order valence-electron chi connectivity index (χ4n) is 6.28. The Morgan fingerprint density at radius 3 is 1.84 bits per heavy atom. The van der Waals surface area contributed by atoms with Crippen LogP contribution in [0.5, 0.6) is 0 Å². The van der Waals surface area contributed by atoms with Crippen molar-refractivity contribution in [3.63, 3.8) is 0 Å². The number of Topliss-reactive ketones (excluding diaryl/α,β-unsaturated/α-hetero) is 1. The number of aliphatic carboxylic acids is 1. The third-order valence-electron chi connectivity index (χ3n) is 8.41. The van der Waals surface area contributed by atoms with Crippen LogP contribution in [0.2, 0.25) is 0 Å². The molecule has 0 saturated carbocycles. The van der Waals surface area contributed by atoms with Crippen LogP contribution in [0.25, 0.3) is 0 Å². The molecule has 250 valence electrons. The predicted molar refractivity (Wildman–Crippen MR) is 188 cm³/mol. The van der Waals surface area contributed by atoms with E-state index >= 15 is 0 Å². The lowest BCUT2D eigenvalue weighted by Crippen LogP contribution is -2.68. The molecule has 1 aliphatic rings. The number of β-lactam (4-membered cyclic amide) rings is 1. The zero-order valence-corrected chi connectivity index (χ0v) is 27.6. The van der Waals surface area contributed by atoms with E-state index < -0.39 is 54.7 Å². The molecule has 4 aromatic rings. The Morgan fingerprint density at radius 1 is 0.857 bits per heavy atom. The van der Waals surface area contributed by atoms with Gasteiger partial charge in [0.05, 0.1) is 12.0 Å². The number of amides is 2. The lowest BCUT2D eigenvalue weighted by Gasteiger charge is -2.50. The number of carbonyl (C=O) groups is 5. The van der Waals surface area contributed by atoms with Gasteiger partial charge in [-0.3, -0.25) is 14.4 Å². The van der Waals surface area contributed by atoms with E-state index in [1.807, 2.05) is 91.0 Å². The average molecular weight is 679 g/mol. The van der Waals surface area contributed by atoms with Crippen LogP contribution in [0.3, 0.4) is 0 Å². The molecule has 0 spiro atoms. The Hall–Kier alpha value is -5.73. The second-order valence-corrected chi connectivity index (χ2v) is 14.7. The van der Waals surface area contributed by atoms with E-state index in [0.29, 0.717) is 15.9 Å². The van der Waals surface area contributed by atoms with Crippen LogP contribution < -0.4 is 21.6 Å². The number of hydrogen-bond acceptors (Lipinski definition) is 7. The van der Waals surface area contributed by atoms with E-state index in [1.54, 1.807) is 0 Å². The monoisotopic (exact) mass is 678 g/mol. The lowest BCUT2D eigenvalue weighted by atomic mass is 9.79. The largest absolute Gasteiger partial charge is 0.508 e. The van der Waals surface area contributed by atoms with Gasteiger partial charge in [-0.25, -0.2) is 9.59 Å². The molecule has 1 heterocycles. The molecule has 49 heavy (non-hydrogen) atoms. The van der Waals surface area contributed by atoms with Crippen molar-refractivity contribution in [2.45, 2.75) is 25.5 Å². The Bertz CT molecular complexity index is 1840. The van der Waals surface area contributed by atoms with Gasteiger partial charge in [0.1, 0.15) is 18.1 Å². The van der Waals surface area contributed by atoms with Gasteiger partial charge in [-0.1, -0.05) is 116 Å². The minimum absolute atomic E-state index is 0.116. The highest BCUT2D eigenvalue weighted by Gasteiger charge is 2.56. The zero-order chi connectivity index (χ0) is 35.1. The summed E-state index contributed by atoms with van der Waals surface area (Å²) in [7, 11) is 0. The number of ketones is 1. The number of likely N-dealkylation sites (tertiary alicyclic amines) is 1. The first kappa shape index (κ1) is 34.6. The Labute approximate surface area is 283 Å². The average Bonchev–Trinajstić information content (AvgIpc) is 3.11. The van der Waals surface area contributed by atoms with E-state index in [2.05, 4.69) is 6.58 Å². The molecule has 0 bridgehead atoms. The van der Waals surface area contributed by atoms with E-state index in [0.717, 1.165) is 0 Å². The summed E-state index contributed by atoms with van der Waals surface area (Å²) < 4.78 is 10.4. The van der Waals surface area contributed by atoms with Gasteiger partial charge in [0.25, 0.3) is 0 Å². The van der Waals surface area contributed by atoms with Crippen LogP contribution in [0, 0.1) is 5.92 Å². The maximum Gasteiger partial charge on any atom is 0.508 e. The fraction of sp³-hybridized carbons (Fsp3) is 0.158. The quantitative estimate of drug-likeness (QED) is 0.0704. The first-order valence-electron chi connectivity index (χ1n) is 15.5. The first-order valence-corrected chi connectivity index (χ1v) is 17.3. The number of carbonyl (C=O) groups excluding carboxylic acids is 4. The topological polar surface area (TPSA) is 153 Å². The number of carboxylic acid groups (broad SMARTS) is 1.